The number of carbonyl (C=O) groups excluding carboxylic acids is 1. The van der Waals surface area contributed by atoms with Crippen LogP contribution in [-0.4, -0.2) is 58.0 Å². The Bertz CT molecular complexity index is 696. The Morgan fingerprint density at radius 1 is 1.33 bits per heavy atom. The van der Waals surface area contributed by atoms with E-state index in [1.165, 1.54) is 4.90 Å². The quantitative estimate of drug-likeness (QED) is 0.406. The predicted octanol–water partition coefficient (Wildman–Crippen LogP) is 0.879. The molecule has 0 atom stereocenters. The van der Waals surface area contributed by atoms with Gasteiger partial charge in [-0.15, -0.1) is 34.2 Å². The molecule has 2 aromatic heterocycles. The number of fused-ring (bicyclic) bond motifs is 1. The predicted molar refractivity (Wildman–Crippen MR) is 105 cm³/mol. The van der Waals surface area contributed by atoms with Crippen molar-refractivity contribution in [2.45, 2.75) is 26.4 Å². The molecule has 2 heterocycles. The summed E-state index contributed by atoms with van der Waals surface area (Å²) in [5.41, 5.74) is 0.784. The lowest BCUT2D eigenvalue weighted by molar-refractivity contribution is -0.127. The van der Waals surface area contributed by atoms with Crippen molar-refractivity contribution in [1.29, 1.82) is 0 Å². The highest BCUT2D eigenvalue weighted by atomic mass is 127. The van der Waals surface area contributed by atoms with Crippen LogP contribution in [0.15, 0.2) is 29.4 Å². The van der Waals surface area contributed by atoms with E-state index in [4.69, 9.17) is 0 Å². The Labute approximate surface area is 158 Å². The highest BCUT2D eigenvalue weighted by Crippen LogP contribution is 2.03. The minimum absolute atomic E-state index is 0. The van der Waals surface area contributed by atoms with Crippen LogP contribution in [0.3, 0.4) is 0 Å². The van der Waals surface area contributed by atoms with E-state index in [1.807, 2.05) is 42.6 Å². The molecule has 0 aromatic carbocycles. The van der Waals surface area contributed by atoms with Gasteiger partial charge in [0.15, 0.2) is 17.4 Å². The lowest BCUT2D eigenvalue weighted by Gasteiger charge is -2.16. The smallest absolute Gasteiger partial charge is 0.241 e. The molecule has 0 aliphatic rings. The number of rotatable bonds is 5. The van der Waals surface area contributed by atoms with Crippen LogP contribution in [0.1, 0.15) is 19.7 Å². The van der Waals surface area contributed by atoms with Gasteiger partial charge in [-0.05, 0) is 26.0 Å². The summed E-state index contributed by atoms with van der Waals surface area (Å²) in [6, 6.07) is 5.93. The van der Waals surface area contributed by atoms with E-state index in [0.29, 0.717) is 12.5 Å². The number of carbonyl (C=O) groups is 1. The fourth-order valence-electron chi connectivity index (χ4n) is 1.89. The van der Waals surface area contributed by atoms with E-state index in [1.54, 1.807) is 14.1 Å². The second kappa shape index (κ2) is 9.40. The molecule has 8 nitrogen and oxygen atoms in total. The van der Waals surface area contributed by atoms with E-state index >= 15 is 0 Å². The zero-order valence-electron chi connectivity index (χ0n) is 14.4. The number of hydrogen-bond donors (Lipinski definition) is 2. The fourth-order valence-corrected chi connectivity index (χ4v) is 1.89. The van der Waals surface area contributed by atoms with Gasteiger partial charge < -0.3 is 15.5 Å². The van der Waals surface area contributed by atoms with Crippen LogP contribution in [0.4, 0.5) is 0 Å². The summed E-state index contributed by atoms with van der Waals surface area (Å²) in [5.74, 6) is 1.29. The number of halogens is 1. The van der Waals surface area contributed by atoms with Crippen molar-refractivity contribution in [3.63, 3.8) is 0 Å². The van der Waals surface area contributed by atoms with Crippen molar-refractivity contribution in [2.24, 2.45) is 4.99 Å². The standard InChI is InChI=1S/C15H23N7O.HI/c1-11(2)18-15(17-10-14(23)21(3)4)16-9-13-20-19-12-7-5-6-8-22(12)13;/h5-8,11H,9-10H2,1-4H3,(H2,16,17,18);1H. The van der Waals surface area contributed by atoms with E-state index in [0.717, 1.165) is 11.5 Å². The van der Waals surface area contributed by atoms with Gasteiger partial charge in [-0.3, -0.25) is 9.20 Å². The second-order valence-electron chi connectivity index (χ2n) is 5.65. The number of pyridine rings is 1. The number of guanidine groups is 1. The minimum Gasteiger partial charge on any atom is -0.354 e. The normalized spacial score (nSPS) is 11.3. The average molecular weight is 445 g/mol. The van der Waals surface area contributed by atoms with Crippen molar-refractivity contribution >= 4 is 41.5 Å². The Morgan fingerprint density at radius 3 is 2.75 bits per heavy atom. The molecule has 132 valence electrons. The van der Waals surface area contributed by atoms with Crippen LogP contribution < -0.4 is 10.6 Å². The maximum absolute atomic E-state index is 11.7. The van der Waals surface area contributed by atoms with Crippen molar-refractivity contribution in [3.05, 3.63) is 30.2 Å². The Hall–Kier alpha value is -1.91. The van der Waals surface area contributed by atoms with Gasteiger partial charge in [0.2, 0.25) is 5.91 Å². The summed E-state index contributed by atoms with van der Waals surface area (Å²) >= 11 is 0. The van der Waals surface area contributed by atoms with Crippen molar-refractivity contribution in [3.8, 4) is 0 Å². The van der Waals surface area contributed by atoms with Crippen LogP contribution in [0, 0.1) is 0 Å². The average Bonchev–Trinajstić information content (AvgIpc) is 2.92. The molecular weight excluding hydrogens is 421 g/mol. The number of aliphatic imine (C=N–C) groups is 1. The van der Waals surface area contributed by atoms with Crippen LogP contribution in [-0.2, 0) is 11.3 Å². The van der Waals surface area contributed by atoms with E-state index in [9.17, 15) is 4.79 Å². The minimum atomic E-state index is -0.0174. The summed E-state index contributed by atoms with van der Waals surface area (Å²) in [4.78, 5) is 17.7. The molecule has 0 unspecified atom stereocenters. The SMILES string of the molecule is CC(C)NC(=NCc1nnc2ccccn12)NCC(=O)N(C)C.I. The van der Waals surface area contributed by atoms with Gasteiger partial charge in [0.25, 0.3) is 0 Å². The summed E-state index contributed by atoms with van der Waals surface area (Å²) in [7, 11) is 3.44. The third kappa shape index (κ3) is 5.62. The largest absolute Gasteiger partial charge is 0.354 e. The first-order chi connectivity index (χ1) is 11.0. The molecule has 24 heavy (non-hydrogen) atoms. The van der Waals surface area contributed by atoms with Crippen LogP contribution in [0.25, 0.3) is 5.65 Å². The molecule has 0 fully saturated rings. The summed E-state index contributed by atoms with van der Waals surface area (Å²) in [6.07, 6.45) is 1.90. The van der Waals surface area contributed by atoms with Crippen LogP contribution in [0.5, 0.6) is 0 Å². The Morgan fingerprint density at radius 2 is 2.08 bits per heavy atom. The first-order valence-corrected chi connectivity index (χ1v) is 7.51. The first kappa shape index (κ1) is 20.1. The highest BCUT2D eigenvalue weighted by Gasteiger charge is 2.08. The molecule has 0 radical (unpaired) electrons. The maximum atomic E-state index is 11.7. The summed E-state index contributed by atoms with van der Waals surface area (Å²) < 4.78 is 1.89. The Kier molecular flexibility index (Phi) is 7.89. The van der Waals surface area contributed by atoms with Crippen molar-refractivity contribution < 1.29 is 4.79 Å². The molecule has 0 saturated carbocycles. The van der Waals surface area contributed by atoms with Gasteiger partial charge in [0.1, 0.15) is 6.54 Å². The van der Waals surface area contributed by atoms with Crippen molar-refractivity contribution in [2.75, 3.05) is 20.6 Å². The van der Waals surface area contributed by atoms with Crippen LogP contribution in [0.2, 0.25) is 0 Å². The molecule has 2 rings (SSSR count). The molecule has 0 saturated heterocycles. The third-order valence-electron chi connectivity index (χ3n) is 3.09. The first-order valence-electron chi connectivity index (χ1n) is 7.51. The number of amides is 1. The molecule has 9 heteroatoms. The van der Waals surface area contributed by atoms with Gasteiger partial charge in [-0.1, -0.05) is 6.07 Å². The molecular formula is C15H24IN7O. The van der Waals surface area contributed by atoms with E-state index in [2.05, 4.69) is 25.8 Å². The molecule has 0 aliphatic carbocycles. The number of aromatic nitrogens is 3. The van der Waals surface area contributed by atoms with Crippen LogP contribution >= 0.6 is 24.0 Å². The monoisotopic (exact) mass is 445 g/mol. The third-order valence-corrected chi connectivity index (χ3v) is 3.09. The van der Waals surface area contributed by atoms with Gasteiger partial charge in [0, 0.05) is 26.3 Å². The molecule has 0 spiro atoms. The van der Waals surface area contributed by atoms with Gasteiger partial charge in [-0.2, -0.15) is 0 Å². The number of likely N-dealkylation sites (N-methyl/N-ethyl adjacent to an activating group) is 1. The number of nitrogens with zero attached hydrogens (tertiary/aromatic N) is 5. The fraction of sp³-hybridized carbons (Fsp3) is 0.467. The topological polar surface area (TPSA) is 86.9 Å². The Balaban J connectivity index is 0.00000288. The number of nitrogens with one attached hydrogen (secondary N) is 2. The maximum Gasteiger partial charge on any atom is 0.241 e. The summed E-state index contributed by atoms with van der Waals surface area (Å²) in [6.45, 7) is 4.57. The van der Waals surface area contributed by atoms with Gasteiger partial charge >= 0.3 is 0 Å². The van der Waals surface area contributed by atoms with Gasteiger partial charge in [-0.25, -0.2) is 4.99 Å². The lowest BCUT2D eigenvalue weighted by atomic mass is 10.4. The summed E-state index contributed by atoms with van der Waals surface area (Å²) in [5, 5.41) is 14.5. The highest BCUT2D eigenvalue weighted by molar-refractivity contribution is 14.0. The number of hydrogen-bond acceptors (Lipinski definition) is 4. The lowest BCUT2D eigenvalue weighted by Crippen LogP contribution is -2.45. The zero-order valence-corrected chi connectivity index (χ0v) is 16.7. The van der Waals surface area contributed by atoms with E-state index in [-0.39, 0.29) is 42.5 Å². The molecule has 0 bridgehead atoms. The molecule has 0 aliphatic heterocycles. The van der Waals surface area contributed by atoms with E-state index < -0.39 is 0 Å². The molecule has 2 aromatic rings. The van der Waals surface area contributed by atoms with Crippen molar-refractivity contribution in [1.82, 2.24) is 30.1 Å². The molecule has 2 N–H and O–H groups in total. The second-order valence-corrected chi connectivity index (χ2v) is 5.65. The van der Waals surface area contributed by atoms with Gasteiger partial charge in [0.05, 0.1) is 6.54 Å². The zero-order chi connectivity index (χ0) is 16.8. The molecule has 1 amide bonds.